The van der Waals surface area contributed by atoms with Gasteiger partial charge < -0.3 is 14.3 Å². The summed E-state index contributed by atoms with van der Waals surface area (Å²) < 4.78 is 7.76. The van der Waals surface area contributed by atoms with Crippen molar-refractivity contribution in [3.63, 3.8) is 0 Å². The maximum absolute atomic E-state index is 12.7. The molecule has 0 bridgehead atoms. The van der Waals surface area contributed by atoms with E-state index in [2.05, 4.69) is 9.97 Å². The highest BCUT2D eigenvalue weighted by Crippen LogP contribution is 2.41. The molecular formula is C22H17N3O3. The molecule has 1 unspecified atom stereocenters. The molecule has 0 aliphatic carbocycles. The van der Waals surface area contributed by atoms with Gasteiger partial charge in [0.05, 0.1) is 5.69 Å². The largest absolute Gasteiger partial charge is 0.475 e. The summed E-state index contributed by atoms with van der Waals surface area (Å²) in [5, 5.41) is 0.825. The summed E-state index contributed by atoms with van der Waals surface area (Å²) in [6.07, 6.45) is 4.77. The summed E-state index contributed by atoms with van der Waals surface area (Å²) in [5.74, 6) is 0.648. The second kappa shape index (κ2) is 6.20. The van der Waals surface area contributed by atoms with Gasteiger partial charge in [0.1, 0.15) is 11.3 Å². The average Bonchev–Trinajstić information content (AvgIpc) is 3.21. The Labute approximate surface area is 160 Å². The quantitative estimate of drug-likeness (QED) is 0.587. The number of nitrogens with zero attached hydrogens (tertiary/aromatic N) is 2. The summed E-state index contributed by atoms with van der Waals surface area (Å²) in [4.78, 5) is 32.4. The normalized spacial score (nSPS) is 16.0. The van der Waals surface area contributed by atoms with Gasteiger partial charge in [0.2, 0.25) is 0 Å². The summed E-state index contributed by atoms with van der Waals surface area (Å²) in [5.41, 5.74) is 3.63. The van der Waals surface area contributed by atoms with Gasteiger partial charge >= 0.3 is 0 Å². The van der Waals surface area contributed by atoms with Gasteiger partial charge in [-0.3, -0.25) is 14.6 Å². The number of carbonyl (C=O) groups excluding carboxylic acids is 1. The first-order chi connectivity index (χ1) is 13.6. The van der Waals surface area contributed by atoms with Gasteiger partial charge in [-0.15, -0.1) is 0 Å². The fourth-order valence-electron chi connectivity index (χ4n) is 3.78. The fraction of sp³-hybridized carbons (Fsp3) is 0.136. The van der Waals surface area contributed by atoms with Crippen molar-refractivity contribution in [2.45, 2.75) is 12.5 Å². The maximum atomic E-state index is 12.7. The Morgan fingerprint density at radius 2 is 2.00 bits per heavy atom. The lowest BCUT2D eigenvalue weighted by molar-refractivity contribution is -0.126. The van der Waals surface area contributed by atoms with Crippen LogP contribution in [0.25, 0.3) is 22.0 Å². The Hall–Kier alpha value is -3.67. The average molecular weight is 371 g/mol. The molecule has 138 valence electrons. The minimum atomic E-state index is -0.732. The lowest BCUT2D eigenvalue weighted by atomic mass is 9.93. The number of fused-ring (bicyclic) bond motifs is 2. The van der Waals surface area contributed by atoms with Gasteiger partial charge in [0, 0.05) is 54.1 Å². The van der Waals surface area contributed by atoms with Crippen LogP contribution in [-0.4, -0.2) is 20.3 Å². The van der Waals surface area contributed by atoms with Gasteiger partial charge in [-0.2, -0.15) is 0 Å². The van der Waals surface area contributed by atoms with Crippen LogP contribution in [0.15, 0.2) is 65.8 Å². The van der Waals surface area contributed by atoms with E-state index in [1.54, 1.807) is 30.1 Å². The van der Waals surface area contributed by atoms with Crippen LogP contribution in [0, 0.1) is 0 Å². The third kappa shape index (κ3) is 2.45. The topological polar surface area (TPSA) is 77.0 Å². The van der Waals surface area contributed by atoms with Crippen LogP contribution in [0.3, 0.4) is 0 Å². The Balaban J connectivity index is 1.71. The van der Waals surface area contributed by atoms with E-state index in [4.69, 9.17) is 4.74 Å². The maximum Gasteiger partial charge on any atom is 0.274 e. The molecule has 6 heteroatoms. The van der Waals surface area contributed by atoms with Crippen molar-refractivity contribution in [1.82, 2.24) is 14.5 Å². The number of hydrogen-bond acceptors (Lipinski definition) is 4. The summed E-state index contributed by atoms with van der Waals surface area (Å²) in [7, 11) is 1.72. The molecule has 0 saturated heterocycles. The molecule has 4 aromatic rings. The molecule has 1 aromatic carbocycles. The first-order valence-corrected chi connectivity index (χ1v) is 9.03. The van der Waals surface area contributed by atoms with Crippen molar-refractivity contribution < 1.29 is 9.53 Å². The third-order valence-corrected chi connectivity index (χ3v) is 5.13. The number of carbonyl (C=O) groups is 1. The SMILES string of the molecule is Cn1cc(-c2cccc3c2OC(c2ccccn2)C(=O)C3)c2cc[nH]c2c1=O. The number of rotatable bonds is 2. The minimum absolute atomic E-state index is 0.0180. The number of ether oxygens (including phenoxy) is 1. The zero-order chi connectivity index (χ0) is 19.3. The Morgan fingerprint density at radius 3 is 2.82 bits per heavy atom. The van der Waals surface area contributed by atoms with Crippen molar-refractivity contribution in [3.8, 4) is 16.9 Å². The predicted octanol–water partition coefficient (Wildman–Crippen LogP) is 3.17. The molecule has 1 atom stereocenters. The van der Waals surface area contributed by atoms with Crippen LogP contribution in [0.5, 0.6) is 5.75 Å². The van der Waals surface area contributed by atoms with Gasteiger partial charge in [-0.25, -0.2) is 0 Å². The molecular weight excluding hydrogens is 354 g/mol. The predicted molar refractivity (Wildman–Crippen MR) is 105 cm³/mol. The number of pyridine rings is 2. The van der Waals surface area contributed by atoms with E-state index in [0.29, 0.717) is 17.0 Å². The number of hydrogen-bond donors (Lipinski definition) is 1. The van der Waals surface area contributed by atoms with Crippen molar-refractivity contribution >= 4 is 16.7 Å². The van der Waals surface area contributed by atoms with E-state index in [0.717, 1.165) is 22.1 Å². The van der Waals surface area contributed by atoms with Crippen molar-refractivity contribution in [1.29, 1.82) is 0 Å². The molecule has 1 aliphatic rings. The molecule has 0 radical (unpaired) electrons. The summed E-state index contributed by atoms with van der Waals surface area (Å²) >= 11 is 0. The van der Waals surface area contributed by atoms with Crippen LogP contribution in [0.2, 0.25) is 0 Å². The van der Waals surface area contributed by atoms with E-state index in [1.165, 1.54) is 0 Å². The Kier molecular flexibility index (Phi) is 3.65. The lowest BCUT2D eigenvalue weighted by Crippen LogP contribution is -2.27. The van der Waals surface area contributed by atoms with Gasteiger partial charge in [0.15, 0.2) is 11.9 Å². The zero-order valence-corrected chi connectivity index (χ0v) is 15.2. The summed E-state index contributed by atoms with van der Waals surface area (Å²) in [6.45, 7) is 0. The number of aryl methyl sites for hydroxylation is 1. The zero-order valence-electron chi connectivity index (χ0n) is 15.2. The molecule has 0 saturated carbocycles. The highest BCUT2D eigenvalue weighted by atomic mass is 16.5. The lowest BCUT2D eigenvalue weighted by Gasteiger charge is -2.27. The number of aromatic nitrogens is 3. The first-order valence-electron chi connectivity index (χ1n) is 9.03. The highest BCUT2D eigenvalue weighted by Gasteiger charge is 2.32. The molecule has 0 amide bonds. The second-order valence-electron chi connectivity index (χ2n) is 6.91. The smallest absolute Gasteiger partial charge is 0.274 e. The fourth-order valence-corrected chi connectivity index (χ4v) is 3.78. The molecule has 6 nitrogen and oxygen atoms in total. The van der Waals surface area contributed by atoms with Gasteiger partial charge in [0.25, 0.3) is 5.56 Å². The van der Waals surface area contributed by atoms with Crippen molar-refractivity contribution in [2.24, 2.45) is 7.05 Å². The third-order valence-electron chi connectivity index (χ3n) is 5.13. The van der Waals surface area contributed by atoms with Crippen LogP contribution in [0.1, 0.15) is 17.4 Å². The van der Waals surface area contributed by atoms with Gasteiger partial charge in [-0.05, 0) is 18.2 Å². The standard InChI is InChI=1S/C22H17N3O3/c1-25-12-16(14-8-10-24-19(14)22(25)27)15-6-4-5-13-11-18(26)21(28-20(13)15)17-7-2-3-9-23-17/h2-10,12,21,24H,11H2,1H3. The molecule has 1 aliphatic heterocycles. The van der Waals surface area contributed by atoms with Crippen LogP contribution in [0.4, 0.5) is 0 Å². The number of ketones is 1. The van der Waals surface area contributed by atoms with Crippen molar-refractivity contribution in [2.75, 3.05) is 0 Å². The van der Waals surface area contributed by atoms with Crippen molar-refractivity contribution in [3.05, 3.63) is 82.7 Å². The van der Waals surface area contributed by atoms with Crippen LogP contribution in [-0.2, 0) is 18.3 Å². The minimum Gasteiger partial charge on any atom is -0.475 e. The highest BCUT2D eigenvalue weighted by molar-refractivity contribution is 5.97. The Morgan fingerprint density at radius 1 is 1.11 bits per heavy atom. The van der Waals surface area contributed by atoms with Crippen LogP contribution < -0.4 is 10.3 Å². The monoisotopic (exact) mass is 371 g/mol. The number of benzene rings is 1. The molecule has 28 heavy (non-hydrogen) atoms. The van der Waals surface area contributed by atoms with Gasteiger partial charge in [-0.1, -0.05) is 24.3 Å². The molecule has 0 fully saturated rings. The van der Waals surface area contributed by atoms with E-state index >= 15 is 0 Å². The molecule has 4 heterocycles. The Bertz CT molecular complexity index is 1270. The van der Waals surface area contributed by atoms with Crippen LogP contribution >= 0.6 is 0 Å². The molecule has 5 rings (SSSR count). The molecule has 0 spiro atoms. The van der Waals surface area contributed by atoms with E-state index in [9.17, 15) is 9.59 Å². The number of H-pyrrole nitrogens is 1. The number of para-hydroxylation sites is 1. The molecule has 3 aromatic heterocycles. The first kappa shape index (κ1) is 16.5. The number of Topliss-reactive ketones (excluding diaryl/α,β-unsaturated/α-hetero) is 1. The van der Waals surface area contributed by atoms with E-state index in [-0.39, 0.29) is 17.8 Å². The van der Waals surface area contributed by atoms with E-state index < -0.39 is 6.10 Å². The number of nitrogens with one attached hydrogen (secondary N) is 1. The van der Waals surface area contributed by atoms with E-state index in [1.807, 2.05) is 42.6 Å². The molecule has 1 N–H and O–H groups in total. The number of aromatic amines is 1. The second-order valence-corrected chi connectivity index (χ2v) is 6.91. The summed E-state index contributed by atoms with van der Waals surface area (Å²) in [6, 6.07) is 13.1.